The zero-order chi connectivity index (χ0) is 11.5. The van der Waals surface area contributed by atoms with E-state index < -0.39 is 0 Å². The number of hydrogen-bond acceptors (Lipinski definition) is 2. The number of para-hydroxylation sites is 1. The van der Waals surface area contributed by atoms with E-state index in [9.17, 15) is 0 Å². The molecule has 0 spiro atoms. The van der Waals surface area contributed by atoms with Crippen molar-refractivity contribution in [1.82, 2.24) is 0 Å². The van der Waals surface area contributed by atoms with Crippen LogP contribution in [0.1, 0.15) is 38.3 Å². The van der Waals surface area contributed by atoms with E-state index >= 15 is 0 Å². The van der Waals surface area contributed by atoms with E-state index in [1.54, 1.807) is 6.26 Å². The molecule has 2 aromatic rings. The summed E-state index contributed by atoms with van der Waals surface area (Å²) in [5.41, 5.74) is 8.26. The molecule has 0 saturated carbocycles. The molecular weight excluding hydrogens is 198 g/mol. The predicted molar refractivity (Wildman–Crippen MR) is 67.2 cm³/mol. The van der Waals surface area contributed by atoms with Crippen molar-refractivity contribution in [3.05, 3.63) is 36.1 Å². The van der Waals surface area contributed by atoms with E-state index in [1.165, 1.54) is 0 Å². The average Bonchev–Trinajstić information content (AvgIpc) is 2.69. The average molecular weight is 217 g/mol. The van der Waals surface area contributed by atoms with Gasteiger partial charge in [-0.25, -0.2) is 0 Å². The first-order valence-electron chi connectivity index (χ1n) is 5.90. The molecule has 16 heavy (non-hydrogen) atoms. The standard InChI is InChI=1S/C14H19NO/c1-10(2)7-8-13(15)12-9-16-14-6-4-3-5-11(12)14/h3-6,9-10,13H,7-8,15H2,1-2H3. The first kappa shape index (κ1) is 11.2. The Bertz CT molecular complexity index is 458. The van der Waals surface area contributed by atoms with Crippen molar-refractivity contribution in [2.45, 2.75) is 32.7 Å². The van der Waals surface area contributed by atoms with Crippen LogP contribution in [0.4, 0.5) is 0 Å². The molecule has 1 aromatic heterocycles. The largest absolute Gasteiger partial charge is 0.464 e. The number of rotatable bonds is 4. The van der Waals surface area contributed by atoms with E-state index in [4.69, 9.17) is 10.2 Å². The summed E-state index contributed by atoms with van der Waals surface area (Å²) in [4.78, 5) is 0. The highest BCUT2D eigenvalue weighted by atomic mass is 16.3. The maximum atomic E-state index is 6.19. The fourth-order valence-corrected chi connectivity index (χ4v) is 1.95. The van der Waals surface area contributed by atoms with Gasteiger partial charge in [-0.3, -0.25) is 0 Å². The van der Waals surface area contributed by atoms with Crippen LogP contribution in [0.3, 0.4) is 0 Å². The van der Waals surface area contributed by atoms with Crippen LogP contribution in [-0.4, -0.2) is 0 Å². The van der Waals surface area contributed by atoms with E-state index in [2.05, 4.69) is 19.9 Å². The van der Waals surface area contributed by atoms with Gasteiger partial charge in [0.2, 0.25) is 0 Å². The Balaban J connectivity index is 2.19. The van der Waals surface area contributed by atoms with E-state index in [0.29, 0.717) is 5.92 Å². The second-order valence-electron chi connectivity index (χ2n) is 4.76. The Kier molecular flexibility index (Phi) is 3.30. The van der Waals surface area contributed by atoms with Gasteiger partial charge in [-0.15, -0.1) is 0 Å². The Labute approximate surface area is 96.4 Å². The van der Waals surface area contributed by atoms with Gasteiger partial charge in [-0.05, 0) is 24.8 Å². The van der Waals surface area contributed by atoms with Crippen molar-refractivity contribution in [2.24, 2.45) is 11.7 Å². The molecule has 1 atom stereocenters. The van der Waals surface area contributed by atoms with Crippen molar-refractivity contribution in [3.63, 3.8) is 0 Å². The topological polar surface area (TPSA) is 39.2 Å². The van der Waals surface area contributed by atoms with Crippen LogP contribution in [-0.2, 0) is 0 Å². The van der Waals surface area contributed by atoms with Crippen molar-refractivity contribution < 1.29 is 4.42 Å². The minimum atomic E-state index is 0.0889. The van der Waals surface area contributed by atoms with Gasteiger partial charge in [0.05, 0.1) is 6.26 Å². The summed E-state index contributed by atoms with van der Waals surface area (Å²) in [5.74, 6) is 0.698. The third-order valence-electron chi connectivity index (χ3n) is 2.97. The Hall–Kier alpha value is -1.28. The maximum Gasteiger partial charge on any atom is 0.134 e. The van der Waals surface area contributed by atoms with E-state index in [1.807, 2.05) is 18.2 Å². The minimum absolute atomic E-state index is 0.0889. The Morgan fingerprint density at radius 2 is 1.94 bits per heavy atom. The monoisotopic (exact) mass is 217 g/mol. The summed E-state index contributed by atoms with van der Waals surface area (Å²) < 4.78 is 5.50. The molecular formula is C14H19NO. The zero-order valence-corrected chi connectivity index (χ0v) is 9.94. The van der Waals surface area contributed by atoms with Gasteiger partial charge >= 0.3 is 0 Å². The molecule has 86 valence electrons. The van der Waals surface area contributed by atoms with Crippen LogP contribution in [0.25, 0.3) is 11.0 Å². The molecule has 0 aliphatic carbocycles. The quantitative estimate of drug-likeness (QED) is 0.844. The molecule has 1 aromatic carbocycles. The lowest BCUT2D eigenvalue weighted by molar-refractivity contribution is 0.503. The number of hydrogen-bond donors (Lipinski definition) is 1. The van der Waals surface area contributed by atoms with Crippen LogP contribution in [0.5, 0.6) is 0 Å². The molecule has 1 heterocycles. The SMILES string of the molecule is CC(C)CCC(N)c1coc2ccccc12. The first-order valence-corrected chi connectivity index (χ1v) is 5.90. The maximum absolute atomic E-state index is 6.19. The third-order valence-corrected chi connectivity index (χ3v) is 2.97. The summed E-state index contributed by atoms with van der Waals surface area (Å²) >= 11 is 0. The molecule has 2 heteroatoms. The van der Waals surface area contributed by atoms with Crippen LogP contribution in [0.15, 0.2) is 34.9 Å². The highest BCUT2D eigenvalue weighted by Crippen LogP contribution is 2.28. The first-order chi connectivity index (χ1) is 7.68. The number of fused-ring (bicyclic) bond motifs is 1. The molecule has 0 aliphatic rings. The summed E-state index contributed by atoms with van der Waals surface area (Å²) in [5, 5.41) is 1.15. The zero-order valence-electron chi connectivity index (χ0n) is 9.94. The van der Waals surface area contributed by atoms with Crippen LogP contribution < -0.4 is 5.73 Å². The number of furan rings is 1. The molecule has 0 saturated heterocycles. The van der Waals surface area contributed by atoms with Crippen molar-refractivity contribution in [3.8, 4) is 0 Å². The van der Waals surface area contributed by atoms with Gasteiger partial charge in [0.1, 0.15) is 5.58 Å². The highest BCUT2D eigenvalue weighted by Gasteiger charge is 2.13. The van der Waals surface area contributed by atoms with E-state index in [-0.39, 0.29) is 6.04 Å². The molecule has 0 aliphatic heterocycles. The predicted octanol–water partition coefficient (Wildman–Crippen LogP) is 3.87. The molecule has 0 fully saturated rings. The summed E-state index contributed by atoms with van der Waals surface area (Å²) in [6.45, 7) is 4.44. The van der Waals surface area contributed by atoms with Crippen LogP contribution >= 0.6 is 0 Å². The molecule has 0 radical (unpaired) electrons. The summed E-state index contributed by atoms with van der Waals surface area (Å²) in [6.07, 6.45) is 3.97. The molecule has 2 rings (SSSR count). The fraction of sp³-hybridized carbons (Fsp3) is 0.429. The molecule has 0 amide bonds. The van der Waals surface area contributed by atoms with Gasteiger partial charge in [-0.2, -0.15) is 0 Å². The smallest absolute Gasteiger partial charge is 0.134 e. The number of benzene rings is 1. The molecule has 1 unspecified atom stereocenters. The van der Waals surface area contributed by atoms with Crippen molar-refractivity contribution >= 4 is 11.0 Å². The lowest BCUT2D eigenvalue weighted by Gasteiger charge is -2.11. The summed E-state index contributed by atoms with van der Waals surface area (Å²) in [7, 11) is 0. The van der Waals surface area contributed by atoms with Crippen LogP contribution in [0, 0.1) is 5.92 Å². The van der Waals surface area contributed by atoms with Gasteiger partial charge in [0.15, 0.2) is 0 Å². The fourth-order valence-electron chi connectivity index (χ4n) is 1.95. The molecule has 2 nitrogen and oxygen atoms in total. The second-order valence-corrected chi connectivity index (χ2v) is 4.76. The molecule has 2 N–H and O–H groups in total. The lowest BCUT2D eigenvalue weighted by atomic mass is 9.98. The van der Waals surface area contributed by atoms with E-state index in [0.717, 1.165) is 29.4 Å². The third kappa shape index (κ3) is 2.27. The molecule has 0 bridgehead atoms. The lowest BCUT2D eigenvalue weighted by Crippen LogP contribution is -2.10. The van der Waals surface area contributed by atoms with Gasteiger partial charge in [0.25, 0.3) is 0 Å². The van der Waals surface area contributed by atoms with Crippen LogP contribution in [0.2, 0.25) is 0 Å². The minimum Gasteiger partial charge on any atom is -0.464 e. The van der Waals surface area contributed by atoms with Crippen molar-refractivity contribution in [1.29, 1.82) is 0 Å². The summed E-state index contributed by atoms with van der Waals surface area (Å²) in [6, 6.07) is 8.15. The Morgan fingerprint density at radius 1 is 1.19 bits per heavy atom. The van der Waals surface area contributed by atoms with Crippen molar-refractivity contribution in [2.75, 3.05) is 0 Å². The highest BCUT2D eigenvalue weighted by molar-refractivity contribution is 5.81. The second kappa shape index (κ2) is 4.71. The van der Waals surface area contributed by atoms with Gasteiger partial charge in [0, 0.05) is 17.0 Å². The number of nitrogens with two attached hydrogens (primary N) is 1. The van der Waals surface area contributed by atoms with Gasteiger partial charge < -0.3 is 10.2 Å². The van der Waals surface area contributed by atoms with Gasteiger partial charge in [-0.1, -0.05) is 32.0 Å². The normalized spacial score (nSPS) is 13.5. The Morgan fingerprint density at radius 3 is 2.69 bits per heavy atom.